The standard InChI is InChI=1S/C34H31FN2O7S/c1-40-22-9-6-20(7-10-22)18-42-14-15-43-27-12-8-21(16-29(27)41-2)34(39)36-17-26(38)25-11-13-28-32(37-25)31-23-4-3-5-24(35)33(23)45-30(31)19-44-28/h3-13,16,26,38H,14-15,17-19H2,1-2H3,(H,36,39). The smallest absolute Gasteiger partial charge is 0.251 e. The number of aliphatic hydroxyl groups is 1. The predicted octanol–water partition coefficient (Wildman–Crippen LogP) is 6.07. The number of benzene rings is 3. The number of hydrogen-bond donors (Lipinski definition) is 2. The Balaban J connectivity index is 1.05. The third-order valence-corrected chi connectivity index (χ3v) is 8.54. The van der Waals surface area contributed by atoms with E-state index in [4.69, 9.17) is 23.7 Å². The molecule has 45 heavy (non-hydrogen) atoms. The fourth-order valence-corrected chi connectivity index (χ4v) is 6.15. The summed E-state index contributed by atoms with van der Waals surface area (Å²) in [6.07, 6.45) is -1.09. The van der Waals surface area contributed by atoms with Gasteiger partial charge in [0.1, 0.15) is 42.3 Å². The number of ether oxygens (including phenoxy) is 5. The van der Waals surface area contributed by atoms with E-state index in [1.54, 1.807) is 43.5 Å². The largest absolute Gasteiger partial charge is 0.497 e. The van der Waals surface area contributed by atoms with E-state index >= 15 is 0 Å². The minimum absolute atomic E-state index is 0.0799. The average Bonchev–Trinajstić information content (AvgIpc) is 3.47. The number of nitrogens with one attached hydrogen (secondary N) is 1. The van der Waals surface area contributed by atoms with Crippen LogP contribution in [0.15, 0.2) is 72.8 Å². The fourth-order valence-electron chi connectivity index (χ4n) is 5.03. The van der Waals surface area contributed by atoms with Crippen LogP contribution in [-0.4, -0.2) is 50.0 Å². The van der Waals surface area contributed by atoms with Crippen molar-refractivity contribution < 1.29 is 38.0 Å². The van der Waals surface area contributed by atoms with Crippen LogP contribution in [0.5, 0.6) is 23.0 Å². The summed E-state index contributed by atoms with van der Waals surface area (Å²) < 4.78 is 42.9. The second-order valence-electron chi connectivity index (χ2n) is 10.2. The molecule has 1 aliphatic heterocycles. The van der Waals surface area contributed by atoms with Crippen molar-refractivity contribution in [2.45, 2.75) is 19.3 Å². The van der Waals surface area contributed by atoms with Crippen LogP contribution in [-0.2, 0) is 18.0 Å². The monoisotopic (exact) mass is 630 g/mol. The second-order valence-corrected chi connectivity index (χ2v) is 11.3. The van der Waals surface area contributed by atoms with E-state index in [0.29, 0.717) is 65.3 Å². The van der Waals surface area contributed by atoms with E-state index in [1.807, 2.05) is 30.3 Å². The van der Waals surface area contributed by atoms with Gasteiger partial charge in [0.05, 0.1) is 42.7 Å². The lowest BCUT2D eigenvalue weighted by atomic mass is 10.0. The molecule has 0 spiro atoms. The SMILES string of the molecule is COc1ccc(COCCOc2ccc(C(=O)NCC(O)c3ccc4c(n3)-c3c(sc5c(F)cccc35)CO4)cc2OC)cc1. The number of carbonyl (C=O) groups is 1. The maximum absolute atomic E-state index is 14.4. The summed E-state index contributed by atoms with van der Waals surface area (Å²) in [6.45, 7) is 1.34. The van der Waals surface area contributed by atoms with E-state index in [0.717, 1.165) is 27.1 Å². The van der Waals surface area contributed by atoms with Gasteiger partial charge in [-0.2, -0.15) is 0 Å². The molecular weight excluding hydrogens is 599 g/mol. The van der Waals surface area contributed by atoms with E-state index in [-0.39, 0.29) is 12.4 Å². The molecule has 0 saturated carbocycles. The van der Waals surface area contributed by atoms with E-state index in [2.05, 4.69) is 10.3 Å². The quantitative estimate of drug-likeness (QED) is 0.160. The zero-order valence-corrected chi connectivity index (χ0v) is 25.5. The van der Waals surface area contributed by atoms with Crippen molar-refractivity contribution in [1.29, 1.82) is 0 Å². The molecule has 11 heteroatoms. The molecule has 3 heterocycles. The molecule has 2 N–H and O–H groups in total. The Morgan fingerprint density at radius 1 is 1.04 bits per heavy atom. The van der Waals surface area contributed by atoms with Gasteiger partial charge in [-0.25, -0.2) is 9.37 Å². The lowest BCUT2D eigenvalue weighted by Gasteiger charge is -2.19. The molecule has 1 unspecified atom stereocenters. The van der Waals surface area contributed by atoms with E-state index < -0.39 is 12.0 Å². The minimum atomic E-state index is -1.09. The van der Waals surface area contributed by atoms with Gasteiger partial charge in [0.15, 0.2) is 11.5 Å². The molecule has 0 fully saturated rings. The van der Waals surface area contributed by atoms with Crippen LogP contribution in [0.25, 0.3) is 21.3 Å². The third kappa shape index (κ3) is 6.56. The molecule has 0 saturated heterocycles. The predicted molar refractivity (Wildman–Crippen MR) is 168 cm³/mol. The van der Waals surface area contributed by atoms with Crippen LogP contribution in [0.2, 0.25) is 0 Å². The normalized spacial score (nSPS) is 12.5. The lowest BCUT2D eigenvalue weighted by Crippen LogP contribution is -2.28. The van der Waals surface area contributed by atoms with Crippen LogP contribution in [0.3, 0.4) is 0 Å². The Kier molecular flexibility index (Phi) is 9.11. The molecule has 3 aromatic carbocycles. The maximum atomic E-state index is 14.4. The molecule has 0 bridgehead atoms. The highest BCUT2D eigenvalue weighted by Crippen LogP contribution is 2.46. The van der Waals surface area contributed by atoms with Gasteiger partial charge in [-0.1, -0.05) is 24.3 Å². The number of thiophene rings is 1. The topological polar surface area (TPSA) is 108 Å². The van der Waals surface area contributed by atoms with Crippen LogP contribution < -0.4 is 24.3 Å². The Bertz CT molecular complexity index is 1830. The molecule has 1 amide bonds. The van der Waals surface area contributed by atoms with Gasteiger partial charge in [-0.15, -0.1) is 11.3 Å². The molecule has 0 aliphatic carbocycles. The van der Waals surface area contributed by atoms with E-state index in [9.17, 15) is 14.3 Å². The van der Waals surface area contributed by atoms with E-state index in [1.165, 1.54) is 24.5 Å². The molecule has 1 atom stereocenters. The number of amides is 1. The number of nitrogens with zero attached hydrogens (tertiary/aromatic N) is 1. The molecule has 9 nitrogen and oxygen atoms in total. The summed E-state index contributed by atoms with van der Waals surface area (Å²) in [5.74, 6) is 1.52. The van der Waals surface area contributed by atoms with Crippen LogP contribution in [0, 0.1) is 5.82 Å². The van der Waals surface area contributed by atoms with Crippen LogP contribution >= 0.6 is 11.3 Å². The first kappa shape index (κ1) is 30.3. The Labute approximate surface area is 263 Å². The number of methoxy groups -OCH3 is 2. The zero-order chi connectivity index (χ0) is 31.3. The van der Waals surface area contributed by atoms with Crippen LogP contribution in [0.4, 0.5) is 4.39 Å². The van der Waals surface area contributed by atoms with Crippen molar-refractivity contribution in [2.75, 3.05) is 34.0 Å². The number of halogens is 1. The molecule has 0 radical (unpaired) electrons. The third-order valence-electron chi connectivity index (χ3n) is 7.35. The number of rotatable bonds is 12. The van der Waals surface area contributed by atoms with Gasteiger partial charge in [0.2, 0.25) is 0 Å². The first-order chi connectivity index (χ1) is 21.9. The summed E-state index contributed by atoms with van der Waals surface area (Å²) in [7, 11) is 3.12. The van der Waals surface area contributed by atoms with Crippen LogP contribution in [0.1, 0.15) is 32.6 Å². The van der Waals surface area contributed by atoms with Gasteiger partial charge in [-0.05, 0) is 54.1 Å². The molecule has 2 aromatic heterocycles. The Hall–Kier alpha value is -4.71. The summed E-state index contributed by atoms with van der Waals surface area (Å²) in [5.41, 5.74) is 3.07. The van der Waals surface area contributed by atoms with Gasteiger partial charge < -0.3 is 34.1 Å². The summed E-state index contributed by atoms with van der Waals surface area (Å²) in [6, 6.07) is 20.8. The number of pyridine rings is 1. The fraction of sp³-hybridized carbons (Fsp3) is 0.235. The molecular formula is C34H31FN2O7S. The molecule has 6 rings (SSSR count). The van der Waals surface area contributed by atoms with Crippen molar-refractivity contribution in [3.05, 3.63) is 100 Å². The van der Waals surface area contributed by atoms with Crippen molar-refractivity contribution in [3.8, 4) is 34.3 Å². The zero-order valence-electron chi connectivity index (χ0n) is 24.7. The Morgan fingerprint density at radius 3 is 2.69 bits per heavy atom. The van der Waals surface area contributed by atoms with Crippen molar-refractivity contribution in [1.82, 2.24) is 10.3 Å². The number of aromatic nitrogens is 1. The number of fused-ring (bicyclic) bond motifs is 5. The number of hydrogen-bond acceptors (Lipinski definition) is 9. The highest BCUT2D eigenvalue weighted by atomic mass is 32.1. The van der Waals surface area contributed by atoms with Gasteiger partial charge in [0, 0.05) is 23.1 Å². The van der Waals surface area contributed by atoms with Gasteiger partial charge >= 0.3 is 0 Å². The molecule has 1 aliphatic rings. The maximum Gasteiger partial charge on any atom is 0.251 e. The average molecular weight is 631 g/mol. The molecule has 5 aromatic rings. The van der Waals surface area contributed by atoms with Gasteiger partial charge in [-0.3, -0.25) is 4.79 Å². The minimum Gasteiger partial charge on any atom is -0.497 e. The van der Waals surface area contributed by atoms with Crippen molar-refractivity contribution in [2.24, 2.45) is 0 Å². The number of aliphatic hydroxyl groups excluding tert-OH is 1. The molecule has 232 valence electrons. The first-order valence-electron chi connectivity index (χ1n) is 14.3. The second kappa shape index (κ2) is 13.5. The highest BCUT2D eigenvalue weighted by Gasteiger charge is 2.26. The number of carbonyl (C=O) groups excluding carboxylic acids is 1. The van der Waals surface area contributed by atoms with Gasteiger partial charge in [0.25, 0.3) is 5.91 Å². The van der Waals surface area contributed by atoms with Crippen molar-refractivity contribution >= 4 is 27.3 Å². The summed E-state index contributed by atoms with van der Waals surface area (Å²) in [5, 5.41) is 14.4. The highest BCUT2D eigenvalue weighted by molar-refractivity contribution is 7.19. The lowest BCUT2D eigenvalue weighted by molar-refractivity contribution is 0.0877. The Morgan fingerprint density at radius 2 is 1.89 bits per heavy atom. The summed E-state index contributed by atoms with van der Waals surface area (Å²) in [4.78, 5) is 18.5. The van der Waals surface area contributed by atoms with Crippen molar-refractivity contribution in [3.63, 3.8) is 0 Å². The summed E-state index contributed by atoms with van der Waals surface area (Å²) >= 11 is 1.34. The first-order valence-corrected chi connectivity index (χ1v) is 15.1.